The summed E-state index contributed by atoms with van der Waals surface area (Å²) in [7, 11) is 0. The van der Waals surface area contributed by atoms with Crippen molar-refractivity contribution >= 4 is 34.7 Å². The van der Waals surface area contributed by atoms with Crippen molar-refractivity contribution < 1.29 is 4.79 Å². The van der Waals surface area contributed by atoms with E-state index >= 15 is 0 Å². The molecule has 112 valence electrons. The molecular weight excluding hydrogens is 318 g/mol. The van der Waals surface area contributed by atoms with Crippen molar-refractivity contribution in [1.82, 2.24) is 9.78 Å². The van der Waals surface area contributed by atoms with Gasteiger partial charge in [-0.15, -0.1) is 11.3 Å². The fraction of sp³-hybridized carbons (Fsp3) is 0.125. The van der Waals surface area contributed by atoms with E-state index in [1.807, 2.05) is 48.7 Å². The Bertz CT molecular complexity index is 796. The summed E-state index contributed by atoms with van der Waals surface area (Å²) in [4.78, 5) is 13.2. The average molecular weight is 332 g/mol. The second-order valence-electron chi connectivity index (χ2n) is 4.87. The Balaban J connectivity index is 1.83. The van der Waals surface area contributed by atoms with Crippen LogP contribution in [0.1, 0.15) is 10.6 Å². The number of halogens is 1. The first kappa shape index (κ1) is 14.8. The Morgan fingerprint density at radius 3 is 2.91 bits per heavy atom. The van der Waals surface area contributed by atoms with E-state index in [4.69, 9.17) is 11.6 Å². The first-order chi connectivity index (χ1) is 10.6. The number of rotatable bonds is 4. The molecule has 0 atom stereocenters. The van der Waals surface area contributed by atoms with Gasteiger partial charge in [0.1, 0.15) is 5.82 Å². The average Bonchev–Trinajstić information content (AvgIpc) is 3.08. The maximum atomic E-state index is 12.2. The maximum Gasteiger partial charge on any atom is 0.230 e. The molecule has 0 saturated heterocycles. The molecule has 0 fully saturated rings. The minimum Gasteiger partial charge on any atom is -0.310 e. The van der Waals surface area contributed by atoms with E-state index in [0.717, 1.165) is 16.3 Å². The molecule has 1 amide bonds. The van der Waals surface area contributed by atoms with Crippen LogP contribution >= 0.6 is 22.9 Å². The fourth-order valence-corrected chi connectivity index (χ4v) is 3.04. The van der Waals surface area contributed by atoms with Gasteiger partial charge in [-0.2, -0.15) is 5.10 Å². The van der Waals surface area contributed by atoms with Gasteiger partial charge in [0.15, 0.2) is 0 Å². The molecule has 0 aliphatic rings. The van der Waals surface area contributed by atoms with E-state index in [9.17, 15) is 4.79 Å². The smallest absolute Gasteiger partial charge is 0.230 e. The fourth-order valence-electron chi connectivity index (χ4n) is 2.15. The summed E-state index contributed by atoms with van der Waals surface area (Å²) in [6.07, 6.45) is 0.359. The van der Waals surface area contributed by atoms with Gasteiger partial charge in [-0.05, 0) is 36.6 Å². The number of carbonyl (C=O) groups excluding carboxylic acids is 1. The molecule has 6 heteroatoms. The number of nitrogens with one attached hydrogen (secondary N) is 1. The molecular formula is C16H14ClN3OS. The van der Waals surface area contributed by atoms with Crippen LogP contribution in [0.25, 0.3) is 5.69 Å². The number of carbonyl (C=O) groups is 1. The first-order valence-electron chi connectivity index (χ1n) is 6.76. The molecule has 22 heavy (non-hydrogen) atoms. The zero-order valence-corrected chi connectivity index (χ0v) is 13.5. The summed E-state index contributed by atoms with van der Waals surface area (Å²) < 4.78 is 1.69. The van der Waals surface area contributed by atoms with Crippen molar-refractivity contribution in [3.63, 3.8) is 0 Å². The number of nitrogens with zero attached hydrogens (tertiary/aromatic N) is 2. The quantitative estimate of drug-likeness (QED) is 0.783. The van der Waals surface area contributed by atoms with Crippen LogP contribution in [0.15, 0.2) is 47.8 Å². The molecule has 0 saturated carbocycles. The molecule has 0 aliphatic carbocycles. The lowest BCUT2D eigenvalue weighted by Gasteiger charge is -2.09. The lowest BCUT2D eigenvalue weighted by Crippen LogP contribution is -2.16. The normalized spacial score (nSPS) is 10.6. The van der Waals surface area contributed by atoms with Crippen molar-refractivity contribution in [3.05, 3.63) is 63.4 Å². The molecule has 3 rings (SSSR count). The van der Waals surface area contributed by atoms with Crippen LogP contribution in [0.2, 0.25) is 5.02 Å². The molecule has 1 N–H and O–H groups in total. The Kier molecular flexibility index (Phi) is 4.27. The van der Waals surface area contributed by atoms with Gasteiger partial charge < -0.3 is 5.32 Å². The van der Waals surface area contributed by atoms with E-state index in [0.29, 0.717) is 17.3 Å². The van der Waals surface area contributed by atoms with Gasteiger partial charge in [0.25, 0.3) is 0 Å². The van der Waals surface area contributed by atoms with Crippen LogP contribution in [0, 0.1) is 6.92 Å². The summed E-state index contributed by atoms with van der Waals surface area (Å²) in [5.74, 6) is 0.576. The predicted octanol–water partition coefficient (Wildman–Crippen LogP) is 4.08. The zero-order valence-electron chi connectivity index (χ0n) is 11.9. The lowest BCUT2D eigenvalue weighted by molar-refractivity contribution is -0.115. The molecule has 0 bridgehead atoms. The van der Waals surface area contributed by atoms with E-state index in [1.165, 1.54) is 0 Å². The van der Waals surface area contributed by atoms with E-state index in [2.05, 4.69) is 10.4 Å². The number of benzene rings is 1. The monoisotopic (exact) mass is 331 g/mol. The Morgan fingerprint density at radius 2 is 2.18 bits per heavy atom. The third kappa shape index (κ3) is 3.37. The number of aryl methyl sites for hydroxylation is 1. The largest absolute Gasteiger partial charge is 0.310 e. The molecule has 3 aromatic rings. The minimum absolute atomic E-state index is 0.0642. The minimum atomic E-state index is -0.0642. The summed E-state index contributed by atoms with van der Waals surface area (Å²) >= 11 is 7.60. The van der Waals surface area contributed by atoms with Crippen LogP contribution in [0.4, 0.5) is 5.82 Å². The second-order valence-corrected chi connectivity index (χ2v) is 6.34. The SMILES string of the molecule is Cc1cc(NC(=O)Cc2cccs2)n(-c2cccc(Cl)c2)n1. The van der Waals surface area contributed by atoms with Crippen molar-refractivity contribution in [2.45, 2.75) is 13.3 Å². The molecule has 0 unspecified atom stereocenters. The van der Waals surface area contributed by atoms with Crippen LogP contribution in [-0.4, -0.2) is 15.7 Å². The Hall–Kier alpha value is -2.11. The lowest BCUT2D eigenvalue weighted by atomic mass is 10.3. The summed E-state index contributed by atoms with van der Waals surface area (Å²) in [5, 5.41) is 9.92. The molecule has 0 spiro atoms. The summed E-state index contributed by atoms with van der Waals surface area (Å²) in [6, 6.07) is 13.1. The topological polar surface area (TPSA) is 46.9 Å². The van der Waals surface area contributed by atoms with Crippen molar-refractivity contribution in [2.75, 3.05) is 5.32 Å². The highest BCUT2D eigenvalue weighted by atomic mass is 35.5. The highest BCUT2D eigenvalue weighted by Gasteiger charge is 2.12. The standard InChI is InChI=1S/C16H14ClN3OS/c1-11-8-15(18-16(21)10-14-6-3-7-22-14)20(19-11)13-5-2-4-12(17)9-13/h2-9H,10H2,1H3,(H,18,21). The van der Waals surface area contributed by atoms with Crippen LogP contribution in [0.5, 0.6) is 0 Å². The number of amides is 1. The number of thiophene rings is 1. The van der Waals surface area contributed by atoms with Gasteiger partial charge >= 0.3 is 0 Å². The number of hydrogen-bond donors (Lipinski definition) is 1. The Labute approximate surface area is 137 Å². The van der Waals surface area contributed by atoms with Gasteiger partial charge in [-0.25, -0.2) is 4.68 Å². The van der Waals surface area contributed by atoms with Gasteiger partial charge in [-0.1, -0.05) is 23.7 Å². The summed E-state index contributed by atoms with van der Waals surface area (Å²) in [6.45, 7) is 1.88. The zero-order chi connectivity index (χ0) is 15.5. The van der Waals surface area contributed by atoms with E-state index in [-0.39, 0.29) is 5.91 Å². The second kappa shape index (κ2) is 6.34. The molecule has 2 aromatic heterocycles. The van der Waals surface area contributed by atoms with Crippen molar-refractivity contribution in [3.8, 4) is 5.69 Å². The van der Waals surface area contributed by atoms with Crippen molar-refractivity contribution in [1.29, 1.82) is 0 Å². The van der Waals surface area contributed by atoms with E-state index in [1.54, 1.807) is 22.1 Å². The third-order valence-electron chi connectivity index (χ3n) is 3.07. The molecule has 0 aliphatic heterocycles. The number of aromatic nitrogens is 2. The highest BCUT2D eigenvalue weighted by Crippen LogP contribution is 2.20. The first-order valence-corrected chi connectivity index (χ1v) is 8.02. The van der Waals surface area contributed by atoms with Crippen molar-refractivity contribution in [2.24, 2.45) is 0 Å². The summed E-state index contributed by atoms with van der Waals surface area (Å²) in [5.41, 5.74) is 1.64. The van der Waals surface area contributed by atoms with Crippen LogP contribution in [0.3, 0.4) is 0 Å². The highest BCUT2D eigenvalue weighted by molar-refractivity contribution is 7.10. The van der Waals surface area contributed by atoms with Crippen LogP contribution in [-0.2, 0) is 11.2 Å². The maximum absolute atomic E-state index is 12.2. The predicted molar refractivity (Wildman–Crippen MR) is 90.0 cm³/mol. The van der Waals surface area contributed by atoms with Gasteiger partial charge in [0.2, 0.25) is 5.91 Å². The Morgan fingerprint density at radius 1 is 1.32 bits per heavy atom. The molecule has 4 nitrogen and oxygen atoms in total. The van der Waals surface area contributed by atoms with Gasteiger partial charge in [0.05, 0.1) is 17.8 Å². The molecule has 0 radical (unpaired) electrons. The molecule has 2 heterocycles. The van der Waals surface area contributed by atoms with Gasteiger partial charge in [-0.3, -0.25) is 4.79 Å². The van der Waals surface area contributed by atoms with Gasteiger partial charge in [0, 0.05) is 16.0 Å². The number of anilines is 1. The van der Waals surface area contributed by atoms with E-state index < -0.39 is 0 Å². The third-order valence-corrected chi connectivity index (χ3v) is 4.18. The number of hydrogen-bond acceptors (Lipinski definition) is 3. The van der Waals surface area contributed by atoms with Crippen LogP contribution < -0.4 is 5.32 Å². The molecule has 1 aromatic carbocycles.